The summed E-state index contributed by atoms with van der Waals surface area (Å²) >= 11 is 1.65. The van der Waals surface area contributed by atoms with Crippen LogP contribution in [0.3, 0.4) is 0 Å². The lowest BCUT2D eigenvalue weighted by Gasteiger charge is -2.57. The van der Waals surface area contributed by atoms with Crippen LogP contribution < -0.4 is 5.32 Å². The van der Waals surface area contributed by atoms with Gasteiger partial charge in [0.1, 0.15) is 6.54 Å². The van der Waals surface area contributed by atoms with E-state index in [0.717, 1.165) is 47.5 Å². The van der Waals surface area contributed by atoms with E-state index in [9.17, 15) is 9.59 Å². The third-order valence-electron chi connectivity index (χ3n) is 8.30. The number of amides is 3. The summed E-state index contributed by atoms with van der Waals surface area (Å²) in [6.07, 6.45) is 8.02. The summed E-state index contributed by atoms with van der Waals surface area (Å²) in [5.74, 6) is 2.25. The van der Waals surface area contributed by atoms with Crippen LogP contribution in [0.5, 0.6) is 0 Å². The number of nitrogens with one attached hydrogen (secondary N) is 1. The molecule has 194 valence electrons. The van der Waals surface area contributed by atoms with E-state index >= 15 is 0 Å². The molecule has 0 aliphatic heterocycles. The quantitative estimate of drug-likeness (QED) is 0.419. The first-order valence-electron chi connectivity index (χ1n) is 13.4. The molecule has 7 heteroatoms. The second-order valence-corrected chi connectivity index (χ2v) is 12.2. The van der Waals surface area contributed by atoms with Crippen LogP contribution in [0.15, 0.2) is 47.8 Å². The number of carbonyl (C=O) groups is 2. The van der Waals surface area contributed by atoms with Gasteiger partial charge in [-0.1, -0.05) is 36.4 Å². The van der Waals surface area contributed by atoms with Gasteiger partial charge in [-0.25, -0.2) is 4.79 Å². The van der Waals surface area contributed by atoms with Crippen LogP contribution in [-0.2, 0) is 22.6 Å². The SMILES string of the molecule is COCCCN(CC(=O)N(Cc1ccccc1)Cc1cccs1)C(=O)NC12CC3CC(CC(C3)C1)C2. The molecule has 3 amide bonds. The summed E-state index contributed by atoms with van der Waals surface area (Å²) in [7, 11) is 1.67. The molecule has 4 aliphatic rings. The molecule has 1 N–H and O–H groups in total. The lowest BCUT2D eigenvalue weighted by atomic mass is 9.53. The van der Waals surface area contributed by atoms with Crippen molar-refractivity contribution in [3.05, 3.63) is 58.3 Å². The van der Waals surface area contributed by atoms with Crippen molar-refractivity contribution in [2.45, 2.75) is 63.6 Å². The Morgan fingerprint density at radius 2 is 1.67 bits per heavy atom. The van der Waals surface area contributed by atoms with E-state index < -0.39 is 0 Å². The number of thiophene rings is 1. The zero-order valence-electron chi connectivity index (χ0n) is 21.4. The van der Waals surface area contributed by atoms with Gasteiger partial charge in [0.05, 0.1) is 6.54 Å². The van der Waals surface area contributed by atoms with Gasteiger partial charge in [0, 0.05) is 37.2 Å². The van der Waals surface area contributed by atoms with Crippen molar-refractivity contribution in [2.24, 2.45) is 17.8 Å². The van der Waals surface area contributed by atoms with Crippen molar-refractivity contribution in [1.29, 1.82) is 0 Å². The molecule has 0 atom stereocenters. The second kappa shape index (κ2) is 11.3. The second-order valence-electron chi connectivity index (χ2n) is 11.2. The Hall–Kier alpha value is -2.38. The number of benzene rings is 1. The molecular weight excluding hydrogens is 470 g/mol. The Balaban J connectivity index is 1.29. The van der Waals surface area contributed by atoms with Gasteiger partial charge in [-0.2, -0.15) is 0 Å². The summed E-state index contributed by atoms with van der Waals surface area (Å²) in [5, 5.41) is 5.51. The van der Waals surface area contributed by atoms with Gasteiger partial charge in [-0.05, 0) is 79.7 Å². The summed E-state index contributed by atoms with van der Waals surface area (Å²) < 4.78 is 5.26. The molecule has 4 saturated carbocycles. The van der Waals surface area contributed by atoms with E-state index in [2.05, 4.69) is 11.4 Å². The van der Waals surface area contributed by atoms with Gasteiger partial charge in [0.15, 0.2) is 0 Å². The lowest BCUT2D eigenvalue weighted by Crippen LogP contribution is -2.62. The minimum Gasteiger partial charge on any atom is -0.385 e. The van der Waals surface area contributed by atoms with Crippen LogP contribution in [0.1, 0.15) is 55.4 Å². The fourth-order valence-corrected chi connectivity index (χ4v) is 7.83. The molecule has 0 radical (unpaired) electrons. The summed E-state index contributed by atoms with van der Waals surface area (Å²) in [5.41, 5.74) is 1.01. The van der Waals surface area contributed by atoms with Gasteiger partial charge < -0.3 is 19.9 Å². The Morgan fingerprint density at radius 1 is 0.972 bits per heavy atom. The average molecular weight is 510 g/mol. The maximum Gasteiger partial charge on any atom is 0.318 e. The number of rotatable bonds is 11. The van der Waals surface area contributed by atoms with Crippen LogP contribution in [0, 0.1) is 17.8 Å². The number of methoxy groups -OCH3 is 1. The van der Waals surface area contributed by atoms with Gasteiger partial charge in [-0.3, -0.25) is 4.79 Å². The molecule has 0 saturated heterocycles. The van der Waals surface area contributed by atoms with Crippen molar-refractivity contribution in [3.8, 4) is 0 Å². The van der Waals surface area contributed by atoms with Crippen molar-refractivity contribution >= 4 is 23.3 Å². The van der Waals surface area contributed by atoms with E-state index in [-0.39, 0.29) is 24.0 Å². The standard InChI is InChI=1S/C29H39N3O3S/c1-35-11-6-10-31(28(34)30-29-16-23-13-24(17-29)15-25(14-23)18-29)21-27(33)32(20-26-9-5-12-36-26)19-22-7-3-2-4-8-22/h2-5,7-9,12,23-25H,6,10-11,13-21H2,1H3,(H,30,34). The normalized spacial score (nSPS) is 26.1. The van der Waals surface area contributed by atoms with E-state index in [1.54, 1.807) is 23.3 Å². The number of hydrogen-bond acceptors (Lipinski definition) is 4. The van der Waals surface area contributed by atoms with Crippen LogP contribution >= 0.6 is 11.3 Å². The third kappa shape index (κ3) is 6.12. The molecule has 0 unspecified atom stereocenters. The van der Waals surface area contributed by atoms with Crippen LogP contribution in [0.4, 0.5) is 4.79 Å². The summed E-state index contributed by atoms with van der Waals surface area (Å²) in [4.78, 5) is 32.1. The average Bonchev–Trinajstić information content (AvgIpc) is 3.36. The molecule has 2 aromatic rings. The highest BCUT2D eigenvalue weighted by Crippen LogP contribution is 2.55. The Bertz CT molecular complexity index is 975. The van der Waals surface area contributed by atoms with Crippen LogP contribution in [0.25, 0.3) is 0 Å². The minimum atomic E-state index is -0.0859. The summed E-state index contributed by atoms with van der Waals surface area (Å²) in [6.45, 7) is 2.24. The maximum absolute atomic E-state index is 13.7. The molecule has 0 spiro atoms. The molecule has 1 aromatic carbocycles. The molecule has 4 aliphatic carbocycles. The first-order chi connectivity index (χ1) is 17.5. The highest BCUT2D eigenvalue weighted by molar-refractivity contribution is 7.09. The molecule has 1 aromatic heterocycles. The highest BCUT2D eigenvalue weighted by atomic mass is 32.1. The first kappa shape index (κ1) is 25.3. The molecule has 36 heavy (non-hydrogen) atoms. The van der Waals surface area contributed by atoms with Gasteiger partial charge in [0.2, 0.25) is 5.91 Å². The predicted molar refractivity (Wildman–Crippen MR) is 143 cm³/mol. The van der Waals surface area contributed by atoms with Crippen LogP contribution in [-0.4, -0.2) is 54.1 Å². The molecule has 6 rings (SSSR count). The lowest BCUT2D eigenvalue weighted by molar-refractivity contribution is -0.133. The minimum absolute atomic E-state index is 0.0228. The number of urea groups is 1. The molecule has 4 bridgehead atoms. The zero-order valence-corrected chi connectivity index (χ0v) is 22.2. The smallest absolute Gasteiger partial charge is 0.318 e. The fraction of sp³-hybridized carbons (Fsp3) is 0.586. The summed E-state index contributed by atoms with van der Waals surface area (Å²) in [6, 6.07) is 14.1. The van der Waals surface area contributed by atoms with Gasteiger partial charge in [0.25, 0.3) is 0 Å². The Kier molecular flexibility index (Phi) is 7.96. The Morgan fingerprint density at radius 3 is 2.28 bits per heavy atom. The van der Waals surface area contributed by atoms with Crippen LogP contribution in [0.2, 0.25) is 0 Å². The Labute approximate surface area is 219 Å². The largest absolute Gasteiger partial charge is 0.385 e. The number of hydrogen-bond donors (Lipinski definition) is 1. The van der Waals surface area contributed by atoms with Crippen molar-refractivity contribution in [2.75, 3.05) is 26.8 Å². The predicted octanol–water partition coefficient (Wildman–Crippen LogP) is 5.29. The van der Waals surface area contributed by atoms with E-state index in [4.69, 9.17) is 4.74 Å². The highest BCUT2D eigenvalue weighted by Gasteiger charge is 2.51. The van der Waals surface area contributed by atoms with E-state index in [1.807, 2.05) is 46.7 Å². The number of nitrogens with zero attached hydrogens (tertiary/aromatic N) is 2. The number of carbonyl (C=O) groups excluding carboxylic acids is 2. The van der Waals surface area contributed by atoms with Crippen molar-refractivity contribution < 1.29 is 14.3 Å². The molecular formula is C29H39N3O3S. The fourth-order valence-electron chi connectivity index (χ4n) is 7.11. The van der Waals surface area contributed by atoms with Crippen molar-refractivity contribution in [3.63, 3.8) is 0 Å². The first-order valence-corrected chi connectivity index (χ1v) is 14.3. The third-order valence-corrected chi connectivity index (χ3v) is 9.16. The monoisotopic (exact) mass is 509 g/mol. The molecule has 1 heterocycles. The van der Waals surface area contributed by atoms with Crippen molar-refractivity contribution in [1.82, 2.24) is 15.1 Å². The van der Waals surface area contributed by atoms with E-state index in [1.165, 1.54) is 19.3 Å². The van der Waals surface area contributed by atoms with Gasteiger partial charge in [-0.15, -0.1) is 11.3 Å². The molecule has 4 fully saturated rings. The van der Waals surface area contributed by atoms with Gasteiger partial charge >= 0.3 is 6.03 Å². The zero-order chi connectivity index (χ0) is 25.0. The maximum atomic E-state index is 13.7. The van der Waals surface area contributed by atoms with E-state index in [0.29, 0.717) is 32.7 Å². The number of ether oxygens (including phenoxy) is 1. The molecule has 6 nitrogen and oxygen atoms in total. The topological polar surface area (TPSA) is 61.9 Å².